The van der Waals surface area contributed by atoms with Crippen molar-refractivity contribution in [3.8, 4) is 11.3 Å². The molecular weight excluding hydrogens is 401 g/mol. The number of fused-ring (bicyclic) bond motifs is 1. The minimum Gasteiger partial charge on any atom is -0.368 e. The summed E-state index contributed by atoms with van der Waals surface area (Å²) in [4.78, 5) is 29.6. The van der Waals surface area contributed by atoms with E-state index in [1.165, 1.54) is 4.68 Å². The van der Waals surface area contributed by atoms with Gasteiger partial charge in [-0.1, -0.05) is 59.6 Å². The van der Waals surface area contributed by atoms with Gasteiger partial charge >= 0.3 is 0 Å². The third-order valence-corrected chi connectivity index (χ3v) is 5.29. The lowest BCUT2D eigenvalue weighted by Gasteiger charge is -2.25. The number of nitrogens with zero attached hydrogens (tertiary/aromatic N) is 2. The number of anilines is 2. The summed E-state index contributed by atoms with van der Waals surface area (Å²) < 4.78 is 1.36. The number of hydrogen-bond acceptors (Lipinski definition) is 4. The van der Waals surface area contributed by atoms with E-state index in [-0.39, 0.29) is 23.3 Å². The van der Waals surface area contributed by atoms with Crippen LogP contribution in [0.25, 0.3) is 11.3 Å². The SMILES string of the molecule is Nc1nc(-c2ccccc2)c2n1NC(=O)C[C@H]2C(=O)Nc1cccc(Cl)c1Cl. The maximum atomic E-state index is 13.1. The van der Waals surface area contributed by atoms with Crippen LogP contribution in [0.2, 0.25) is 10.0 Å². The van der Waals surface area contributed by atoms with Gasteiger partial charge in [0.15, 0.2) is 0 Å². The van der Waals surface area contributed by atoms with Gasteiger partial charge in [0.1, 0.15) is 0 Å². The Morgan fingerprint density at radius 1 is 1.18 bits per heavy atom. The van der Waals surface area contributed by atoms with Gasteiger partial charge in [-0.05, 0) is 12.1 Å². The zero-order valence-corrected chi connectivity index (χ0v) is 16.0. The van der Waals surface area contributed by atoms with E-state index in [0.717, 1.165) is 5.56 Å². The molecule has 0 fully saturated rings. The molecule has 1 aliphatic heterocycles. The lowest BCUT2D eigenvalue weighted by atomic mass is 9.94. The first-order valence-corrected chi connectivity index (χ1v) is 9.19. The number of halogens is 2. The van der Waals surface area contributed by atoms with Crippen LogP contribution in [0.15, 0.2) is 48.5 Å². The third-order valence-electron chi connectivity index (χ3n) is 4.47. The normalized spacial score (nSPS) is 15.6. The van der Waals surface area contributed by atoms with E-state index in [9.17, 15) is 9.59 Å². The van der Waals surface area contributed by atoms with Crippen LogP contribution in [0, 0.1) is 0 Å². The van der Waals surface area contributed by atoms with Crippen molar-refractivity contribution in [1.82, 2.24) is 9.66 Å². The summed E-state index contributed by atoms with van der Waals surface area (Å²) in [7, 11) is 0. The lowest BCUT2D eigenvalue weighted by Crippen LogP contribution is -2.38. The van der Waals surface area contributed by atoms with Gasteiger partial charge in [0, 0.05) is 12.0 Å². The molecule has 2 heterocycles. The minimum atomic E-state index is -0.802. The second-order valence-electron chi connectivity index (χ2n) is 6.29. The van der Waals surface area contributed by atoms with Gasteiger partial charge in [-0.2, -0.15) is 0 Å². The summed E-state index contributed by atoms with van der Waals surface area (Å²) in [5.74, 6) is -1.45. The molecule has 142 valence electrons. The number of aromatic nitrogens is 2. The van der Waals surface area contributed by atoms with E-state index in [1.54, 1.807) is 18.2 Å². The van der Waals surface area contributed by atoms with E-state index in [4.69, 9.17) is 28.9 Å². The number of benzene rings is 2. The van der Waals surface area contributed by atoms with Crippen molar-refractivity contribution in [2.75, 3.05) is 16.5 Å². The number of carbonyl (C=O) groups is 2. The molecule has 3 aromatic rings. The molecule has 4 N–H and O–H groups in total. The van der Waals surface area contributed by atoms with E-state index >= 15 is 0 Å². The van der Waals surface area contributed by atoms with Crippen LogP contribution in [-0.2, 0) is 9.59 Å². The number of rotatable bonds is 3. The monoisotopic (exact) mass is 415 g/mol. The zero-order valence-electron chi connectivity index (χ0n) is 14.4. The highest BCUT2D eigenvalue weighted by atomic mass is 35.5. The number of imidazole rings is 1. The highest BCUT2D eigenvalue weighted by Crippen LogP contribution is 2.36. The molecule has 1 aliphatic rings. The Kier molecular flexibility index (Phi) is 4.70. The fraction of sp³-hybridized carbons (Fsp3) is 0.105. The molecule has 2 amide bonds. The van der Waals surface area contributed by atoms with Crippen LogP contribution in [0.4, 0.5) is 11.6 Å². The number of nitrogen functional groups attached to an aromatic ring is 1. The van der Waals surface area contributed by atoms with E-state index < -0.39 is 11.8 Å². The quantitative estimate of drug-likeness (QED) is 0.607. The molecule has 0 saturated heterocycles. The zero-order chi connectivity index (χ0) is 19.8. The van der Waals surface area contributed by atoms with Gasteiger partial charge in [-0.15, -0.1) is 0 Å². The number of amides is 2. The Morgan fingerprint density at radius 2 is 1.93 bits per heavy atom. The molecule has 0 saturated carbocycles. The maximum Gasteiger partial charge on any atom is 0.240 e. The van der Waals surface area contributed by atoms with Gasteiger partial charge in [0.2, 0.25) is 17.8 Å². The fourth-order valence-electron chi connectivity index (χ4n) is 3.19. The molecule has 0 spiro atoms. The molecule has 28 heavy (non-hydrogen) atoms. The largest absolute Gasteiger partial charge is 0.368 e. The molecule has 1 aromatic heterocycles. The standard InChI is InChI=1S/C19H15Cl2N5O2/c20-12-7-4-8-13(15(12)21)23-18(28)11-9-14(27)25-26-17(11)16(24-19(26)22)10-5-2-1-3-6-10/h1-8,11H,9H2,(H2,22,24)(H,23,28)(H,25,27)/t11-/m1/s1. The van der Waals surface area contributed by atoms with E-state index in [0.29, 0.717) is 22.1 Å². The third kappa shape index (κ3) is 3.19. The van der Waals surface area contributed by atoms with Crippen LogP contribution < -0.4 is 16.5 Å². The molecule has 7 nitrogen and oxygen atoms in total. The number of hydrogen-bond donors (Lipinski definition) is 3. The topological polar surface area (TPSA) is 102 Å². The van der Waals surface area contributed by atoms with Gasteiger partial charge < -0.3 is 11.1 Å². The van der Waals surface area contributed by atoms with Crippen LogP contribution >= 0.6 is 23.2 Å². The molecule has 1 atom stereocenters. The van der Waals surface area contributed by atoms with Crippen LogP contribution in [0.1, 0.15) is 18.0 Å². The van der Waals surface area contributed by atoms with Crippen molar-refractivity contribution in [2.45, 2.75) is 12.3 Å². The number of carbonyl (C=O) groups excluding carboxylic acids is 2. The molecule has 2 aromatic carbocycles. The fourth-order valence-corrected chi connectivity index (χ4v) is 3.54. The van der Waals surface area contributed by atoms with Gasteiger partial charge in [-0.25, -0.2) is 9.66 Å². The Morgan fingerprint density at radius 3 is 2.68 bits per heavy atom. The van der Waals surface area contributed by atoms with Gasteiger partial charge in [0.05, 0.1) is 33.0 Å². The van der Waals surface area contributed by atoms with Crippen molar-refractivity contribution in [3.63, 3.8) is 0 Å². The molecule has 4 rings (SSSR count). The molecule has 9 heteroatoms. The first-order valence-electron chi connectivity index (χ1n) is 8.44. The number of nitrogens with two attached hydrogens (primary N) is 1. The Labute approximate surface area is 170 Å². The van der Waals surface area contributed by atoms with Crippen LogP contribution in [0.3, 0.4) is 0 Å². The molecule has 0 radical (unpaired) electrons. The summed E-state index contributed by atoms with van der Waals surface area (Å²) in [5, 5.41) is 3.30. The van der Waals surface area contributed by atoms with E-state index in [2.05, 4.69) is 15.7 Å². The van der Waals surface area contributed by atoms with Crippen molar-refractivity contribution in [1.29, 1.82) is 0 Å². The summed E-state index contributed by atoms with van der Waals surface area (Å²) >= 11 is 12.2. The molecular formula is C19H15Cl2N5O2. The van der Waals surface area contributed by atoms with Crippen molar-refractivity contribution in [3.05, 3.63) is 64.3 Å². The average Bonchev–Trinajstić information content (AvgIpc) is 3.02. The summed E-state index contributed by atoms with van der Waals surface area (Å²) in [6.45, 7) is 0. The van der Waals surface area contributed by atoms with Gasteiger partial charge in [-0.3, -0.25) is 15.0 Å². The minimum absolute atomic E-state index is 0.0466. The average molecular weight is 416 g/mol. The smallest absolute Gasteiger partial charge is 0.240 e. The number of nitrogens with one attached hydrogen (secondary N) is 2. The highest BCUT2D eigenvalue weighted by molar-refractivity contribution is 6.44. The summed E-state index contributed by atoms with van der Waals surface area (Å²) in [6, 6.07) is 14.3. The van der Waals surface area contributed by atoms with Crippen molar-refractivity contribution >= 4 is 46.7 Å². The molecule has 0 unspecified atom stereocenters. The summed E-state index contributed by atoms with van der Waals surface area (Å²) in [6.07, 6.45) is -0.0466. The molecule has 0 bridgehead atoms. The maximum absolute atomic E-state index is 13.1. The van der Waals surface area contributed by atoms with Gasteiger partial charge in [0.25, 0.3) is 0 Å². The Hall–Kier alpha value is -3.03. The first-order chi connectivity index (χ1) is 13.5. The highest BCUT2D eigenvalue weighted by Gasteiger charge is 2.36. The van der Waals surface area contributed by atoms with E-state index in [1.807, 2.05) is 30.3 Å². The Bertz CT molecular complexity index is 1080. The Balaban J connectivity index is 1.76. The van der Waals surface area contributed by atoms with Crippen LogP contribution in [-0.4, -0.2) is 21.5 Å². The lowest BCUT2D eigenvalue weighted by molar-refractivity contribution is -0.124. The predicted molar refractivity (Wildman–Crippen MR) is 109 cm³/mol. The second kappa shape index (κ2) is 7.18. The van der Waals surface area contributed by atoms with Crippen molar-refractivity contribution < 1.29 is 9.59 Å². The summed E-state index contributed by atoms with van der Waals surface area (Å²) in [5.41, 5.74) is 10.8. The predicted octanol–water partition coefficient (Wildman–Crippen LogP) is 3.64. The van der Waals surface area contributed by atoms with Crippen molar-refractivity contribution in [2.24, 2.45) is 0 Å². The second-order valence-corrected chi connectivity index (χ2v) is 7.07. The molecule has 0 aliphatic carbocycles. The van der Waals surface area contributed by atoms with Crippen LogP contribution in [0.5, 0.6) is 0 Å². The first kappa shape index (κ1) is 18.3.